The first-order valence-corrected chi connectivity index (χ1v) is 11.9. The van der Waals surface area contributed by atoms with E-state index in [1.54, 1.807) is 0 Å². The Labute approximate surface area is 180 Å². The monoisotopic (exact) mass is 412 g/mol. The van der Waals surface area contributed by atoms with Crippen LogP contribution in [-0.4, -0.2) is 73.7 Å². The summed E-state index contributed by atoms with van der Waals surface area (Å²) in [5, 5.41) is 0. The van der Waals surface area contributed by atoms with E-state index in [1.165, 1.54) is 36.8 Å². The van der Waals surface area contributed by atoms with Crippen molar-refractivity contribution in [2.24, 2.45) is 11.8 Å². The quantitative estimate of drug-likeness (QED) is 0.743. The summed E-state index contributed by atoms with van der Waals surface area (Å²) in [7, 11) is 0. The molecule has 164 valence electrons. The van der Waals surface area contributed by atoms with Crippen LogP contribution in [0.25, 0.3) is 0 Å². The summed E-state index contributed by atoms with van der Waals surface area (Å²) in [5.74, 6) is 0.970. The average molecular weight is 413 g/mol. The summed E-state index contributed by atoms with van der Waals surface area (Å²) >= 11 is 0. The summed E-state index contributed by atoms with van der Waals surface area (Å²) in [6.07, 6.45) is 7.24. The molecule has 1 unspecified atom stereocenters. The minimum absolute atomic E-state index is 0.0588. The minimum atomic E-state index is 0.0588. The lowest BCUT2D eigenvalue weighted by Gasteiger charge is -2.38. The lowest BCUT2D eigenvalue weighted by atomic mass is 9.94. The van der Waals surface area contributed by atoms with Crippen LogP contribution < -0.4 is 10.9 Å². The van der Waals surface area contributed by atoms with Gasteiger partial charge in [-0.25, -0.2) is 0 Å². The topological polar surface area (TPSA) is 56.8 Å². The zero-order valence-corrected chi connectivity index (χ0v) is 18.0. The smallest absolute Gasteiger partial charge is 0.228 e. The van der Waals surface area contributed by atoms with Crippen molar-refractivity contribution >= 4 is 5.91 Å². The van der Waals surface area contributed by atoms with Crippen LogP contribution in [0.1, 0.15) is 36.8 Å². The molecule has 6 heteroatoms. The van der Waals surface area contributed by atoms with Crippen molar-refractivity contribution in [3.8, 4) is 0 Å². The Morgan fingerprint density at radius 3 is 2.37 bits per heavy atom. The number of rotatable bonds is 6. The van der Waals surface area contributed by atoms with Crippen molar-refractivity contribution in [2.75, 3.05) is 45.9 Å². The van der Waals surface area contributed by atoms with Gasteiger partial charge in [0.05, 0.1) is 12.0 Å². The second kappa shape index (κ2) is 9.35. The first-order chi connectivity index (χ1) is 14.8. The Morgan fingerprint density at radius 1 is 1.03 bits per heavy atom. The molecule has 1 aromatic carbocycles. The second-order valence-corrected chi connectivity index (χ2v) is 9.65. The van der Waals surface area contributed by atoms with Gasteiger partial charge in [-0.1, -0.05) is 24.3 Å². The van der Waals surface area contributed by atoms with E-state index in [1.807, 2.05) is 0 Å². The lowest BCUT2D eigenvalue weighted by Crippen LogP contribution is -2.48. The van der Waals surface area contributed by atoms with Crippen LogP contribution in [0.2, 0.25) is 0 Å². The molecule has 0 aromatic heterocycles. The fourth-order valence-corrected chi connectivity index (χ4v) is 5.79. The first kappa shape index (κ1) is 20.4. The zero-order chi connectivity index (χ0) is 20.3. The molecule has 3 fully saturated rings. The number of hydrogen-bond donors (Lipinski definition) is 2. The van der Waals surface area contributed by atoms with Gasteiger partial charge in [-0.3, -0.25) is 20.5 Å². The average Bonchev–Trinajstić information content (AvgIpc) is 3.54. The van der Waals surface area contributed by atoms with Crippen molar-refractivity contribution in [1.29, 1.82) is 0 Å². The molecular formula is C24H36N4O2. The van der Waals surface area contributed by atoms with E-state index < -0.39 is 0 Å². The van der Waals surface area contributed by atoms with Gasteiger partial charge in [0.1, 0.15) is 0 Å². The van der Waals surface area contributed by atoms with Gasteiger partial charge in [0.2, 0.25) is 5.91 Å². The number of hydrazine groups is 1. The molecule has 1 atom stereocenters. The highest BCUT2D eigenvalue weighted by Gasteiger charge is 2.34. The Bertz CT molecular complexity index is 697. The number of benzene rings is 1. The molecule has 1 aromatic rings. The fourth-order valence-electron chi connectivity index (χ4n) is 5.79. The van der Waals surface area contributed by atoms with Gasteiger partial charge in [-0.05, 0) is 68.7 Å². The van der Waals surface area contributed by atoms with E-state index in [-0.39, 0.29) is 12.0 Å². The third-order valence-corrected chi connectivity index (χ3v) is 7.60. The van der Waals surface area contributed by atoms with Gasteiger partial charge >= 0.3 is 0 Å². The maximum Gasteiger partial charge on any atom is 0.228 e. The van der Waals surface area contributed by atoms with Crippen LogP contribution in [0.15, 0.2) is 24.3 Å². The molecule has 1 aliphatic carbocycles. The zero-order valence-electron chi connectivity index (χ0n) is 18.0. The number of fused-ring (bicyclic) bond motifs is 1. The molecule has 2 N–H and O–H groups in total. The maximum absolute atomic E-state index is 13.2. The van der Waals surface area contributed by atoms with E-state index in [9.17, 15) is 4.79 Å². The normalized spacial score (nSPS) is 26.3. The van der Waals surface area contributed by atoms with E-state index in [4.69, 9.17) is 4.74 Å². The lowest BCUT2D eigenvalue weighted by molar-refractivity contribution is -0.137. The van der Waals surface area contributed by atoms with Crippen LogP contribution in [-0.2, 0) is 22.4 Å². The highest BCUT2D eigenvalue weighted by molar-refractivity contribution is 5.79. The van der Waals surface area contributed by atoms with Gasteiger partial charge < -0.3 is 9.64 Å². The predicted molar refractivity (Wildman–Crippen MR) is 117 cm³/mol. The molecule has 0 radical (unpaired) electrons. The molecule has 3 heterocycles. The summed E-state index contributed by atoms with van der Waals surface area (Å²) in [6.45, 7) is 6.32. The molecule has 0 spiro atoms. The highest BCUT2D eigenvalue weighted by Crippen LogP contribution is 2.29. The molecule has 1 amide bonds. The number of nitrogens with one attached hydrogen (secondary N) is 2. The Balaban J connectivity index is 1.15. The number of nitrogens with zero attached hydrogens (tertiary/aromatic N) is 2. The van der Waals surface area contributed by atoms with Crippen LogP contribution in [0.4, 0.5) is 0 Å². The van der Waals surface area contributed by atoms with Gasteiger partial charge in [-0.2, -0.15) is 0 Å². The third kappa shape index (κ3) is 4.57. The SMILES string of the molecule is O=C(C1CNNC1)N(CC1CCN(C2Cc3ccccc3C2)CC1)CC1CCCO1. The third-order valence-electron chi connectivity index (χ3n) is 7.60. The first-order valence-electron chi connectivity index (χ1n) is 11.9. The minimum Gasteiger partial charge on any atom is -0.376 e. The van der Waals surface area contributed by atoms with Gasteiger partial charge in [0, 0.05) is 38.8 Å². The summed E-state index contributed by atoms with van der Waals surface area (Å²) in [5.41, 5.74) is 9.31. The molecule has 3 aliphatic heterocycles. The van der Waals surface area contributed by atoms with E-state index >= 15 is 0 Å². The van der Waals surface area contributed by atoms with Crippen LogP contribution in [0.5, 0.6) is 0 Å². The van der Waals surface area contributed by atoms with Crippen molar-refractivity contribution in [2.45, 2.75) is 50.7 Å². The van der Waals surface area contributed by atoms with Crippen molar-refractivity contribution < 1.29 is 9.53 Å². The molecule has 0 bridgehead atoms. The molecule has 0 saturated carbocycles. The molecular weight excluding hydrogens is 376 g/mol. The summed E-state index contributed by atoms with van der Waals surface area (Å²) in [4.78, 5) is 18.0. The molecule has 30 heavy (non-hydrogen) atoms. The van der Waals surface area contributed by atoms with Crippen molar-refractivity contribution in [3.05, 3.63) is 35.4 Å². The summed E-state index contributed by atoms with van der Waals surface area (Å²) in [6, 6.07) is 9.60. The van der Waals surface area contributed by atoms with E-state index in [0.717, 1.165) is 58.7 Å². The Morgan fingerprint density at radius 2 is 1.73 bits per heavy atom. The van der Waals surface area contributed by atoms with Gasteiger partial charge in [0.15, 0.2) is 0 Å². The molecule has 5 rings (SSSR count). The largest absolute Gasteiger partial charge is 0.376 e. The van der Waals surface area contributed by atoms with E-state index in [0.29, 0.717) is 17.9 Å². The van der Waals surface area contributed by atoms with Crippen LogP contribution in [0.3, 0.4) is 0 Å². The highest BCUT2D eigenvalue weighted by atomic mass is 16.5. The van der Waals surface area contributed by atoms with Crippen LogP contribution in [0, 0.1) is 11.8 Å². The fraction of sp³-hybridized carbons (Fsp3) is 0.708. The van der Waals surface area contributed by atoms with Gasteiger partial charge in [-0.15, -0.1) is 0 Å². The number of piperidine rings is 1. The van der Waals surface area contributed by atoms with E-state index in [2.05, 4.69) is 44.9 Å². The molecule has 6 nitrogen and oxygen atoms in total. The second-order valence-electron chi connectivity index (χ2n) is 9.65. The standard InChI is InChI=1S/C24H36N4O2/c29-24(21-14-25-26-15-21)28(17-23-6-3-11-30-23)16-18-7-9-27(10-8-18)22-12-19-4-1-2-5-20(19)13-22/h1-2,4-5,18,21-23,25-26H,3,6-17H2. The maximum atomic E-state index is 13.2. The summed E-state index contributed by atoms with van der Waals surface area (Å²) < 4.78 is 5.87. The molecule has 3 saturated heterocycles. The number of hydrogen-bond acceptors (Lipinski definition) is 5. The predicted octanol–water partition coefficient (Wildman–Crippen LogP) is 1.60. The Hall–Kier alpha value is -1.47. The van der Waals surface area contributed by atoms with Crippen molar-refractivity contribution in [3.63, 3.8) is 0 Å². The number of likely N-dealkylation sites (tertiary alicyclic amines) is 1. The van der Waals surface area contributed by atoms with Crippen LogP contribution >= 0.6 is 0 Å². The number of ether oxygens (including phenoxy) is 1. The number of carbonyl (C=O) groups is 1. The molecule has 4 aliphatic rings. The number of amides is 1. The Kier molecular flexibility index (Phi) is 6.37. The number of carbonyl (C=O) groups excluding carboxylic acids is 1. The van der Waals surface area contributed by atoms with Gasteiger partial charge in [0.25, 0.3) is 0 Å². The van der Waals surface area contributed by atoms with Crippen molar-refractivity contribution in [1.82, 2.24) is 20.7 Å².